The number of nitrogens with zero attached hydrogens (tertiary/aromatic N) is 2. The Labute approximate surface area is 123 Å². The number of sulfone groups is 1. The molecule has 1 aromatic carbocycles. The smallest absolute Gasteiger partial charge is 0.227 e. The molecule has 0 saturated carbocycles. The zero-order valence-electron chi connectivity index (χ0n) is 11.3. The Balaban J connectivity index is 2.06. The lowest BCUT2D eigenvalue weighted by Gasteiger charge is -2.08. The molecule has 0 spiro atoms. The van der Waals surface area contributed by atoms with Gasteiger partial charge in [-0.3, -0.25) is 14.7 Å². The average molecular weight is 305 g/mol. The quantitative estimate of drug-likeness (QED) is 0.881. The fourth-order valence-electron chi connectivity index (χ4n) is 1.70. The van der Waals surface area contributed by atoms with Crippen LogP contribution in [0.2, 0.25) is 0 Å². The van der Waals surface area contributed by atoms with Gasteiger partial charge in [0.25, 0.3) is 0 Å². The number of imidazole rings is 1. The molecule has 110 valence electrons. The van der Waals surface area contributed by atoms with Crippen molar-refractivity contribution in [3.8, 4) is 5.69 Å². The van der Waals surface area contributed by atoms with Crippen LogP contribution >= 0.6 is 0 Å². The van der Waals surface area contributed by atoms with Crippen LogP contribution in [0.5, 0.6) is 0 Å². The van der Waals surface area contributed by atoms with Gasteiger partial charge < -0.3 is 0 Å². The number of carbonyl (C=O) groups is 1. The summed E-state index contributed by atoms with van der Waals surface area (Å²) < 4.78 is 24.3. The van der Waals surface area contributed by atoms with Crippen molar-refractivity contribution in [2.24, 2.45) is 0 Å². The minimum absolute atomic E-state index is 0.143. The van der Waals surface area contributed by atoms with E-state index in [9.17, 15) is 13.2 Å². The van der Waals surface area contributed by atoms with Crippen LogP contribution in [0.3, 0.4) is 0 Å². The van der Waals surface area contributed by atoms with Crippen LogP contribution in [0.25, 0.3) is 5.69 Å². The van der Waals surface area contributed by atoms with E-state index in [4.69, 9.17) is 0 Å². The van der Waals surface area contributed by atoms with Crippen molar-refractivity contribution < 1.29 is 13.2 Å². The van der Waals surface area contributed by atoms with Crippen LogP contribution in [-0.4, -0.2) is 29.6 Å². The zero-order valence-corrected chi connectivity index (χ0v) is 12.1. The molecule has 0 unspecified atom stereocenters. The van der Waals surface area contributed by atoms with E-state index in [1.165, 1.54) is 0 Å². The second-order valence-corrected chi connectivity index (χ2v) is 6.36. The largest absolute Gasteiger partial charge is 0.296 e. The van der Waals surface area contributed by atoms with E-state index in [0.29, 0.717) is 5.95 Å². The number of para-hydroxylation sites is 1. The summed E-state index contributed by atoms with van der Waals surface area (Å²) in [6, 6.07) is 9.38. The molecular weight excluding hydrogens is 290 g/mol. The molecule has 1 N–H and O–H groups in total. The van der Waals surface area contributed by atoms with Crippen LogP contribution in [0, 0.1) is 0 Å². The van der Waals surface area contributed by atoms with Crippen LogP contribution in [-0.2, 0) is 14.6 Å². The summed E-state index contributed by atoms with van der Waals surface area (Å²) in [5, 5.41) is 3.45. The maximum absolute atomic E-state index is 11.8. The zero-order chi connectivity index (χ0) is 15.3. The van der Waals surface area contributed by atoms with Crippen molar-refractivity contribution in [1.82, 2.24) is 9.55 Å². The topological polar surface area (TPSA) is 81.1 Å². The van der Waals surface area contributed by atoms with Gasteiger partial charge in [0.2, 0.25) is 11.9 Å². The number of aromatic nitrogens is 2. The number of carbonyl (C=O) groups excluding carboxylic acids is 1. The molecule has 21 heavy (non-hydrogen) atoms. The highest BCUT2D eigenvalue weighted by atomic mass is 32.2. The van der Waals surface area contributed by atoms with Gasteiger partial charge in [-0.1, -0.05) is 24.8 Å². The number of hydrogen-bond donors (Lipinski definition) is 1. The molecule has 0 aliphatic heterocycles. The molecule has 6 nitrogen and oxygen atoms in total. The van der Waals surface area contributed by atoms with E-state index in [-0.39, 0.29) is 12.2 Å². The summed E-state index contributed by atoms with van der Waals surface area (Å²) in [5.74, 6) is -0.333. The van der Waals surface area contributed by atoms with Crippen molar-refractivity contribution in [3.63, 3.8) is 0 Å². The minimum Gasteiger partial charge on any atom is -0.296 e. The SMILES string of the molecule is C=CS(=O)(=O)CCC(=O)Nc1nccn1-c1ccccc1. The first-order valence-corrected chi connectivity index (χ1v) is 7.97. The van der Waals surface area contributed by atoms with Crippen molar-refractivity contribution in [1.29, 1.82) is 0 Å². The summed E-state index contributed by atoms with van der Waals surface area (Å²) in [7, 11) is -3.38. The third-order valence-corrected chi connectivity index (χ3v) is 4.07. The number of amides is 1. The van der Waals surface area contributed by atoms with Crippen LogP contribution in [0.1, 0.15) is 6.42 Å². The molecule has 2 rings (SSSR count). The fourth-order valence-corrected chi connectivity index (χ4v) is 2.33. The van der Waals surface area contributed by atoms with E-state index in [1.54, 1.807) is 17.0 Å². The molecule has 1 amide bonds. The third-order valence-electron chi connectivity index (χ3n) is 2.79. The highest BCUT2D eigenvalue weighted by Crippen LogP contribution is 2.14. The molecule has 7 heteroatoms. The molecule has 0 aliphatic carbocycles. The van der Waals surface area contributed by atoms with Gasteiger partial charge in [-0.25, -0.2) is 13.4 Å². The first-order chi connectivity index (χ1) is 10.0. The Bertz CT molecular complexity index is 736. The monoisotopic (exact) mass is 305 g/mol. The highest BCUT2D eigenvalue weighted by molar-refractivity contribution is 7.94. The maximum Gasteiger partial charge on any atom is 0.227 e. The Kier molecular flexibility index (Phi) is 4.54. The van der Waals surface area contributed by atoms with E-state index in [1.807, 2.05) is 30.3 Å². The number of nitrogens with one attached hydrogen (secondary N) is 1. The molecule has 0 aliphatic rings. The molecule has 0 atom stereocenters. The van der Waals surface area contributed by atoms with Gasteiger partial charge in [0.05, 0.1) is 5.75 Å². The highest BCUT2D eigenvalue weighted by Gasteiger charge is 2.12. The van der Waals surface area contributed by atoms with Crippen molar-refractivity contribution in [2.75, 3.05) is 11.1 Å². The number of hydrogen-bond acceptors (Lipinski definition) is 4. The molecule has 2 aromatic rings. The van der Waals surface area contributed by atoms with Gasteiger partial charge in [0.1, 0.15) is 0 Å². The van der Waals surface area contributed by atoms with E-state index < -0.39 is 15.7 Å². The fraction of sp³-hybridized carbons (Fsp3) is 0.143. The Hall–Kier alpha value is -2.41. The van der Waals surface area contributed by atoms with Gasteiger partial charge in [-0.15, -0.1) is 0 Å². The Morgan fingerprint density at radius 3 is 2.71 bits per heavy atom. The molecule has 0 bridgehead atoms. The Morgan fingerprint density at radius 1 is 1.33 bits per heavy atom. The predicted octanol–water partition coefficient (Wildman–Crippen LogP) is 1.76. The third kappa shape index (κ3) is 4.03. The molecule has 1 heterocycles. The van der Waals surface area contributed by atoms with Crippen molar-refractivity contribution in [3.05, 3.63) is 54.7 Å². The normalized spacial score (nSPS) is 11.0. The number of benzene rings is 1. The summed E-state index contributed by atoms with van der Waals surface area (Å²) >= 11 is 0. The standard InChI is InChI=1S/C14H15N3O3S/c1-2-21(19,20)11-8-13(18)16-14-15-9-10-17(14)12-6-4-3-5-7-12/h2-7,9-10H,1,8,11H2,(H,15,16,18). The molecule has 1 aromatic heterocycles. The van der Waals surface area contributed by atoms with Crippen molar-refractivity contribution >= 4 is 21.7 Å². The van der Waals surface area contributed by atoms with E-state index >= 15 is 0 Å². The van der Waals surface area contributed by atoms with Crippen molar-refractivity contribution in [2.45, 2.75) is 6.42 Å². The van der Waals surface area contributed by atoms with Crippen LogP contribution in [0.15, 0.2) is 54.7 Å². The molecule has 0 fully saturated rings. The van der Waals surface area contributed by atoms with E-state index in [2.05, 4.69) is 16.9 Å². The maximum atomic E-state index is 11.8. The molecular formula is C14H15N3O3S. The average Bonchev–Trinajstić information content (AvgIpc) is 2.94. The van der Waals surface area contributed by atoms with Gasteiger partial charge >= 0.3 is 0 Å². The second-order valence-electron chi connectivity index (χ2n) is 4.29. The summed E-state index contributed by atoms with van der Waals surface area (Å²) in [4.78, 5) is 15.9. The number of rotatable bonds is 6. The van der Waals surface area contributed by atoms with Gasteiger partial charge in [-0.05, 0) is 12.1 Å². The predicted molar refractivity (Wildman–Crippen MR) is 80.8 cm³/mol. The molecule has 0 radical (unpaired) electrons. The van der Waals surface area contributed by atoms with E-state index in [0.717, 1.165) is 11.1 Å². The molecule has 0 saturated heterocycles. The first-order valence-electron chi connectivity index (χ1n) is 6.25. The van der Waals surface area contributed by atoms with Gasteiger partial charge in [-0.2, -0.15) is 0 Å². The minimum atomic E-state index is -3.38. The summed E-state index contributed by atoms with van der Waals surface area (Å²) in [5.41, 5.74) is 0.851. The first kappa shape index (κ1) is 15.0. The summed E-state index contributed by atoms with van der Waals surface area (Å²) in [6.07, 6.45) is 3.13. The van der Waals surface area contributed by atoms with Crippen LogP contribution in [0.4, 0.5) is 5.95 Å². The lowest BCUT2D eigenvalue weighted by atomic mass is 10.3. The van der Waals surface area contributed by atoms with Gasteiger partial charge in [0, 0.05) is 29.9 Å². The summed E-state index contributed by atoms with van der Waals surface area (Å²) in [6.45, 7) is 3.20. The second kappa shape index (κ2) is 6.36. The lowest BCUT2D eigenvalue weighted by molar-refractivity contribution is -0.115. The van der Waals surface area contributed by atoms with Crippen LogP contribution < -0.4 is 5.32 Å². The lowest BCUT2D eigenvalue weighted by Crippen LogP contribution is -2.18. The van der Waals surface area contributed by atoms with Gasteiger partial charge in [0.15, 0.2) is 9.84 Å². The number of anilines is 1. The Morgan fingerprint density at radius 2 is 2.05 bits per heavy atom.